The highest BCUT2D eigenvalue weighted by Gasteiger charge is 2.26. The number of benzene rings is 1. The Bertz CT molecular complexity index is 1320. The van der Waals surface area contributed by atoms with Gasteiger partial charge in [0.1, 0.15) is 12.1 Å². The molecule has 1 aliphatic heterocycles. The first kappa shape index (κ1) is 27.3. The van der Waals surface area contributed by atoms with Crippen LogP contribution in [-0.2, 0) is 14.3 Å². The van der Waals surface area contributed by atoms with Gasteiger partial charge in [-0.15, -0.1) is 5.10 Å². The van der Waals surface area contributed by atoms with Gasteiger partial charge in [-0.2, -0.15) is 9.67 Å². The van der Waals surface area contributed by atoms with Crippen LogP contribution >= 0.6 is 0 Å². The number of hydrogen-bond acceptors (Lipinski definition) is 10. The van der Waals surface area contributed by atoms with Gasteiger partial charge >= 0.3 is 0 Å². The first-order valence-corrected chi connectivity index (χ1v) is 13.7. The number of hydrogen-bond donors (Lipinski definition) is 3. The zero-order chi connectivity index (χ0) is 28.1. The van der Waals surface area contributed by atoms with Gasteiger partial charge in [0.15, 0.2) is 5.82 Å². The van der Waals surface area contributed by atoms with Crippen LogP contribution < -0.4 is 21.3 Å². The lowest BCUT2D eigenvalue weighted by molar-refractivity contribution is -0.128. The normalized spacial score (nSPS) is 19.6. The van der Waals surface area contributed by atoms with Gasteiger partial charge in [0.25, 0.3) is 0 Å². The van der Waals surface area contributed by atoms with E-state index in [1.807, 2.05) is 35.2 Å². The van der Waals surface area contributed by atoms with Crippen LogP contribution in [0.1, 0.15) is 39.0 Å². The van der Waals surface area contributed by atoms with Crippen LogP contribution in [0.5, 0.6) is 0 Å². The molecule has 2 fully saturated rings. The molecule has 2 amide bonds. The first-order valence-electron chi connectivity index (χ1n) is 13.7. The number of nitrogens with two attached hydrogens (primary N) is 1. The Labute approximate surface area is 233 Å². The molecule has 3 heterocycles. The first-order chi connectivity index (χ1) is 19.4. The average molecular weight is 549 g/mol. The summed E-state index contributed by atoms with van der Waals surface area (Å²) in [6.07, 6.45) is 6.09. The molecular formula is C27H36N10O3. The number of carbonyl (C=O) groups is 2. The van der Waals surface area contributed by atoms with Gasteiger partial charge in [-0.1, -0.05) is 0 Å². The number of nitrogens with zero attached hydrogens (tertiary/aromatic N) is 7. The fourth-order valence-electron chi connectivity index (χ4n) is 5.20. The molecule has 0 atom stereocenters. The summed E-state index contributed by atoms with van der Waals surface area (Å²) in [6, 6.07) is 9.19. The van der Waals surface area contributed by atoms with E-state index in [2.05, 4.69) is 35.6 Å². The molecular weight excluding hydrogens is 512 g/mol. The molecule has 13 nitrogen and oxygen atoms in total. The summed E-state index contributed by atoms with van der Waals surface area (Å²) >= 11 is 0. The summed E-state index contributed by atoms with van der Waals surface area (Å²) in [4.78, 5) is 41.5. The Morgan fingerprint density at radius 3 is 2.42 bits per heavy atom. The van der Waals surface area contributed by atoms with Crippen molar-refractivity contribution >= 4 is 40.9 Å². The molecule has 1 aliphatic carbocycles. The van der Waals surface area contributed by atoms with Crippen molar-refractivity contribution in [2.75, 3.05) is 54.6 Å². The van der Waals surface area contributed by atoms with Crippen LogP contribution in [0.15, 0.2) is 36.7 Å². The molecule has 212 valence electrons. The standard InChI is InChI=1S/C27H36N10O3/c1-18(38)35-12-3-13-36(15-14-35)23-16-24(30-17-29-23)37-26(28)33-27(34-37)32-21-8-6-20(7-9-21)31-25(39)19-4-10-22(40-2)11-5-19/h6-9,16-17,19,22H,3-5,10-15H2,1-2H3,(H,31,39)(H3,28,32,33,34). The van der Waals surface area contributed by atoms with Gasteiger partial charge in [-0.25, -0.2) is 9.97 Å². The number of rotatable bonds is 7. The van der Waals surface area contributed by atoms with Crippen molar-refractivity contribution in [3.05, 3.63) is 36.7 Å². The predicted octanol–water partition coefficient (Wildman–Crippen LogP) is 2.59. The third kappa shape index (κ3) is 6.47. The van der Waals surface area contributed by atoms with Crippen LogP contribution in [0.25, 0.3) is 5.82 Å². The summed E-state index contributed by atoms with van der Waals surface area (Å²) in [7, 11) is 1.73. The molecule has 1 aromatic carbocycles. The van der Waals surface area contributed by atoms with Gasteiger partial charge in [0.2, 0.25) is 23.7 Å². The van der Waals surface area contributed by atoms with E-state index in [-0.39, 0.29) is 29.8 Å². The zero-order valence-electron chi connectivity index (χ0n) is 22.9. The second kappa shape index (κ2) is 12.3. The van der Waals surface area contributed by atoms with E-state index in [9.17, 15) is 9.59 Å². The Morgan fingerprint density at radius 2 is 1.70 bits per heavy atom. The number of ether oxygens (including phenoxy) is 1. The second-order valence-electron chi connectivity index (χ2n) is 10.2. The molecule has 1 saturated carbocycles. The van der Waals surface area contributed by atoms with Gasteiger partial charge in [0.05, 0.1) is 6.10 Å². The minimum atomic E-state index is 0.0113. The van der Waals surface area contributed by atoms with E-state index >= 15 is 0 Å². The molecule has 0 spiro atoms. The molecule has 13 heteroatoms. The van der Waals surface area contributed by atoms with E-state index in [4.69, 9.17) is 10.5 Å². The monoisotopic (exact) mass is 548 g/mol. The van der Waals surface area contributed by atoms with E-state index in [1.54, 1.807) is 14.0 Å². The molecule has 4 N–H and O–H groups in total. The highest BCUT2D eigenvalue weighted by Crippen LogP contribution is 2.27. The zero-order valence-corrected chi connectivity index (χ0v) is 22.9. The summed E-state index contributed by atoms with van der Waals surface area (Å²) < 4.78 is 6.86. The lowest BCUT2D eigenvalue weighted by Crippen LogP contribution is -2.33. The maximum atomic E-state index is 12.7. The summed E-state index contributed by atoms with van der Waals surface area (Å²) in [5.74, 6) is 1.87. The average Bonchev–Trinajstić information content (AvgIpc) is 3.16. The summed E-state index contributed by atoms with van der Waals surface area (Å²) in [5, 5.41) is 10.7. The summed E-state index contributed by atoms with van der Waals surface area (Å²) in [6.45, 7) is 4.44. The van der Waals surface area contributed by atoms with Crippen LogP contribution in [0, 0.1) is 5.92 Å². The van der Waals surface area contributed by atoms with Crippen LogP contribution in [0.3, 0.4) is 0 Å². The quantitative estimate of drug-likeness (QED) is 0.401. The SMILES string of the molecule is COC1CCC(C(=O)Nc2ccc(Nc3nc(N)n(-c4cc(N5CCCN(C(C)=O)CC5)ncn4)n3)cc2)CC1. The van der Waals surface area contributed by atoms with Gasteiger partial charge in [0, 0.05) is 63.6 Å². The number of aromatic nitrogens is 5. The Kier molecular flexibility index (Phi) is 8.39. The Morgan fingerprint density at radius 1 is 0.975 bits per heavy atom. The van der Waals surface area contributed by atoms with E-state index in [1.165, 1.54) is 11.0 Å². The topological polar surface area (TPSA) is 156 Å². The van der Waals surface area contributed by atoms with Crippen molar-refractivity contribution in [2.45, 2.75) is 45.1 Å². The van der Waals surface area contributed by atoms with Crippen LogP contribution in [0.4, 0.5) is 29.1 Å². The minimum absolute atomic E-state index is 0.0113. The third-order valence-electron chi connectivity index (χ3n) is 7.54. The van der Waals surface area contributed by atoms with E-state index < -0.39 is 0 Å². The molecule has 3 aromatic rings. The van der Waals surface area contributed by atoms with Crippen molar-refractivity contribution in [1.82, 2.24) is 29.6 Å². The van der Waals surface area contributed by atoms with Crippen molar-refractivity contribution in [2.24, 2.45) is 5.92 Å². The van der Waals surface area contributed by atoms with Crippen molar-refractivity contribution in [1.29, 1.82) is 0 Å². The highest BCUT2D eigenvalue weighted by atomic mass is 16.5. The van der Waals surface area contributed by atoms with E-state index in [0.717, 1.165) is 62.4 Å². The van der Waals surface area contributed by atoms with Gasteiger partial charge < -0.3 is 30.9 Å². The molecule has 2 aromatic heterocycles. The van der Waals surface area contributed by atoms with E-state index in [0.29, 0.717) is 24.9 Å². The molecule has 0 bridgehead atoms. The van der Waals surface area contributed by atoms with Crippen molar-refractivity contribution in [3.8, 4) is 5.82 Å². The lowest BCUT2D eigenvalue weighted by atomic mass is 9.87. The maximum absolute atomic E-state index is 12.7. The number of amides is 2. The molecule has 5 rings (SSSR count). The number of anilines is 5. The Balaban J connectivity index is 1.20. The van der Waals surface area contributed by atoms with Crippen molar-refractivity contribution < 1.29 is 14.3 Å². The largest absolute Gasteiger partial charge is 0.381 e. The third-order valence-corrected chi connectivity index (χ3v) is 7.54. The molecule has 40 heavy (non-hydrogen) atoms. The smallest absolute Gasteiger partial charge is 0.248 e. The highest BCUT2D eigenvalue weighted by molar-refractivity contribution is 5.92. The predicted molar refractivity (Wildman–Crippen MR) is 152 cm³/mol. The maximum Gasteiger partial charge on any atom is 0.248 e. The van der Waals surface area contributed by atoms with Crippen LogP contribution in [-0.4, -0.2) is 80.8 Å². The number of nitrogens with one attached hydrogen (secondary N) is 2. The molecule has 0 radical (unpaired) electrons. The lowest BCUT2D eigenvalue weighted by Gasteiger charge is -2.26. The summed E-state index contributed by atoms with van der Waals surface area (Å²) in [5.41, 5.74) is 7.66. The molecule has 1 saturated heterocycles. The fraction of sp³-hybridized carbons (Fsp3) is 0.481. The van der Waals surface area contributed by atoms with Gasteiger partial charge in [-0.3, -0.25) is 9.59 Å². The number of methoxy groups -OCH3 is 1. The fourth-order valence-corrected chi connectivity index (χ4v) is 5.20. The second-order valence-corrected chi connectivity index (χ2v) is 10.2. The van der Waals surface area contributed by atoms with Crippen LogP contribution in [0.2, 0.25) is 0 Å². The van der Waals surface area contributed by atoms with Crippen molar-refractivity contribution in [3.63, 3.8) is 0 Å². The van der Waals surface area contributed by atoms with Gasteiger partial charge in [-0.05, 0) is 56.4 Å². The number of carbonyl (C=O) groups excluding carboxylic acids is 2. The Hall–Kier alpha value is -4.26. The molecule has 2 aliphatic rings. The minimum Gasteiger partial charge on any atom is -0.381 e. The molecule has 0 unspecified atom stereocenters. The number of nitrogen functional groups attached to an aromatic ring is 1.